The van der Waals surface area contributed by atoms with Gasteiger partial charge in [-0.1, -0.05) is 0 Å². The van der Waals surface area contributed by atoms with E-state index in [0.29, 0.717) is 0 Å². The van der Waals surface area contributed by atoms with Crippen LogP contribution in [0.2, 0.25) is 0 Å². The molecular weight excluding hydrogens is 134 g/mol. The van der Waals surface area contributed by atoms with E-state index in [9.17, 15) is 8.76 Å². The third-order valence-corrected chi connectivity index (χ3v) is 1.02. The van der Waals surface area contributed by atoms with Crippen LogP contribution in [0.5, 0.6) is 0 Å². The van der Waals surface area contributed by atoms with Crippen molar-refractivity contribution >= 4 is 7.91 Å². The molecule has 0 spiro atoms. The van der Waals surface area contributed by atoms with Gasteiger partial charge >= 0.3 is 7.91 Å². The van der Waals surface area contributed by atoms with E-state index < -0.39 is 14.0 Å². The second-order valence-corrected chi connectivity index (χ2v) is 2.72. The molecule has 0 aromatic carbocycles. The van der Waals surface area contributed by atoms with E-state index in [1.165, 1.54) is 13.8 Å². The van der Waals surface area contributed by atoms with Crippen LogP contribution in [-0.4, -0.2) is 11.0 Å². The number of hydrogen-bond donors (Lipinski definition) is 1. The average molecular weight is 142 g/mol. The van der Waals surface area contributed by atoms with E-state index in [2.05, 4.69) is 4.52 Å². The van der Waals surface area contributed by atoms with Gasteiger partial charge in [0.2, 0.25) is 0 Å². The van der Waals surface area contributed by atoms with Gasteiger partial charge in [0.15, 0.2) is 0 Å². The maximum Gasteiger partial charge on any atom is 0.510 e. The van der Waals surface area contributed by atoms with Gasteiger partial charge in [0.25, 0.3) is 0 Å². The Morgan fingerprint density at radius 2 is 2.12 bits per heavy atom. The molecule has 0 rings (SSSR count). The molecule has 0 bridgehead atoms. The van der Waals surface area contributed by atoms with E-state index in [1.807, 2.05) is 0 Å². The summed E-state index contributed by atoms with van der Waals surface area (Å²) in [5.41, 5.74) is 0. The van der Waals surface area contributed by atoms with Crippen molar-refractivity contribution in [2.45, 2.75) is 20.0 Å². The highest BCUT2D eigenvalue weighted by atomic mass is 31.2. The first-order chi connectivity index (χ1) is 3.42. The molecule has 0 aromatic rings. The van der Waals surface area contributed by atoms with Gasteiger partial charge in [-0.2, -0.15) is 0 Å². The average Bonchev–Trinajstić information content (AvgIpc) is 1.21. The Labute approximate surface area is 47.1 Å². The molecular formula is C3H8FO3P. The minimum absolute atomic E-state index is 0.546. The highest BCUT2D eigenvalue weighted by molar-refractivity contribution is 7.46. The predicted octanol–water partition coefficient (Wildman–Crippen LogP) is 1.48. The Kier molecular flexibility index (Phi) is 2.60. The minimum atomic E-state index is -4.72. The topological polar surface area (TPSA) is 46.5 Å². The van der Waals surface area contributed by atoms with Crippen molar-refractivity contribution in [1.82, 2.24) is 0 Å². The van der Waals surface area contributed by atoms with E-state index >= 15 is 0 Å². The van der Waals surface area contributed by atoms with Crippen molar-refractivity contribution < 1.29 is 18.2 Å². The van der Waals surface area contributed by atoms with Gasteiger partial charge in [-0.3, -0.25) is 9.42 Å². The molecule has 0 aromatic heterocycles. The standard InChI is InChI=1S/C3H8FO3P/c1-3(2)7-8(4,5)6/h3H,1-2H3,(H,5,6). The van der Waals surface area contributed by atoms with E-state index in [4.69, 9.17) is 4.89 Å². The van der Waals surface area contributed by atoms with Gasteiger partial charge in [-0.15, -0.1) is 4.20 Å². The van der Waals surface area contributed by atoms with Gasteiger partial charge in [0.05, 0.1) is 6.10 Å². The summed E-state index contributed by atoms with van der Waals surface area (Å²) in [6.45, 7) is 2.95. The molecule has 0 saturated carbocycles. The Morgan fingerprint density at radius 1 is 1.75 bits per heavy atom. The smallest absolute Gasteiger partial charge is 0.299 e. The van der Waals surface area contributed by atoms with E-state index in [-0.39, 0.29) is 0 Å². The summed E-state index contributed by atoms with van der Waals surface area (Å²) in [6, 6.07) is 0. The van der Waals surface area contributed by atoms with Crippen LogP contribution in [0.1, 0.15) is 13.8 Å². The maximum atomic E-state index is 11.5. The molecule has 0 aliphatic heterocycles. The molecule has 0 fully saturated rings. The number of halogens is 1. The lowest BCUT2D eigenvalue weighted by Gasteiger charge is -2.04. The zero-order valence-electron chi connectivity index (χ0n) is 4.67. The normalized spacial score (nSPS) is 18.6. The first-order valence-electron chi connectivity index (χ1n) is 2.12. The second kappa shape index (κ2) is 2.58. The summed E-state index contributed by atoms with van der Waals surface area (Å²) in [4.78, 5) is 7.85. The van der Waals surface area contributed by atoms with Crippen molar-refractivity contribution in [3.63, 3.8) is 0 Å². The summed E-state index contributed by atoms with van der Waals surface area (Å²) in [6.07, 6.45) is -0.546. The zero-order chi connectivity index (χ0) is 6.78. The Hall–Kier alpha value is 0.0800. The summed E-state index contributed by atoms with van der Waals surface area (Å²) in [7, 11) is -4.72. The van der Waals surface area contributed by atoms with Crippen LogP contribution in [0.3, 0.4) is 0 Å². The van der Waals surface area contributed by atoms with Crippen LogP contribution in [0.4, 0.5) is 4.20 Å². The molecule has 1 atom stereocenters. The largest absolute Gasteiger partial charge is 0.510 e. The lowest BCUT2D eigenvalue weighted by Crippen LogP contribution is -1.96. The first-order valence-corrected chi connectivity index (χ1v) is 3.59. The first kappa shape index (κ1) is 8.08. The van der Waals surface area contributed by atoms with Crippen molar-refractivity contribution in [3.05, 3.63) is 0 Å². The van der Waals surface area contributed by atoms with Gasteiger partial charge < -0.3 is 0 Å². The monoisotopic (exact) mass is 142 g/mol. The summed E-state index contributed by atoms with van der Waals surface area (Å²) >= 11 is 0. The van der Waals surface area contributed by atoms with Gasteiger partial charge in [0.1, 0.15) is 0 Å². The third kappa shape index (κ3) is 6.08. The maximum absolute atomic E-state index is 11.5. The number of rotatable bonds is 2. The van der Waals surface area contributed by atoms with Crippen molar-refractivity contribution in [2.75, 3.05) is 0 Å². The van der Waals surface area contributed by atoms with Crippen molar-refractivity contribution in [2.24, 2.45) is 0 Å². The van der Waals surface area contributed by atoms with Gasteiger partial charge in [-0.05, 0) is 13.8 Å². The van der Waals surface area contributed by atoms with Gasteiger partial charge in [0, 0.05) is 0 Å². The summed E-state index contributed by atoms with van der Waals surface area (Å²) in [5, 5.41) is 0. The van der Waals surface area contributed by atoms with Crippen molar-refractivity contribution in [1.29, 1.82) is 0 Å². The molecule has 8 heavy (non-hydrogen) atoms. The molecule has 50 valence electrons. The van der Waals surface area contributed by atoms with Crippen molar-refractivity contribution in [3.8, 4) is 0 Å². The molecule has 0 amide bonds. The Balaban J connectivity index is 3.56. The minimum Gasteiger partial charge on any atom is -0.299 e. The van der Waals surface area contributed by atoms with E-state index in [0.717, 1.165) is 0 Å². The Bertz CT molecular complexity index is 107. The molecule has 0 radical (unpaired) electrons. The summed E-state index contributed by atoms with van der Waals surface area (Å²) in [5.74, 6) is 0. The highest BCUT2D eigenvalue weighted by Crippen LogP contribution is 2.44. The van der Waals surface area contributed by atoms with Crippen LogP contribution in [0.25, 0.3) is 0 Å². The van der Waals surface area contributed by atoms with Crippen LogP contribution >= 0.6 is 7.91 Å². The zero-order valence-corrected chi connectivity index (χ0v) is 5.56. The third-order valence-electron chi connectivity index (χ3n) is 0.341. The molecule has 0 aliphatic carbocycles. The fourth-order valence-electron chi connectivity index (χ4n) is 0.260. The lowest BCUT2D eigenvalue weighted by atomic mass is 10.5. The molecule has 3 nitrogen and oxygen atoms in total. The molecule has 5 heteroatoms. The number of hydrogen-bond acceptors (Lipinski definition) is 2. The highest BCUT2D eigenvalue weighted by Gasteiger charge is 2.18. The second-order valence-electron chi connectivity index (χ2n) is 1.61. The quantitative estimate of drug-likeness (QED) is 0.594. The molecule has 0 aliphatic rings. The lowest BCUT2D eigenvalue weighted by molar-refractivity contribution is 0.179. The molecule has 1 unspecified atom stereocenters. The molecule has 0 saturated heterocycles. The van der Waals surface area contributed by atoms with Gasteiger partial charge in [-0.25, -0.2) is 4.57 Å². The molecule has 0 heterocycles. The van der Waals surface area contributed by atoms with Crippen LogP contribution in [-0.2, 0) is 9.09 Å². The Morgan fingerprint density at radius 3 is 2.12 bits per heavy atom. The van der Waals surface area contributed by atoms with E-state index in [1.54, 1.807) is 0 Å². The molecule has 1 N–H and O–H groups in total. The fraction of sp³-hybridized carbons (Fsp3) is 1.00. The van der Waals surface area contributed by atoms with Crippen LogP contribution in [0.15, 0.2) is 0 Å². The van der Waals surface area contributed by atoms with Crippen LogP contribution in [0, 0.1) is 0 Å². The summed E-state index contributed by atoms with van der Waals surface area (Å²) < 4.78 is 25.1. The fourth-order valence-corrected chi connectivity index (χ4v) is 0.780. The predicted molar refractivity (Wildman–Crippen MR) is 27.2 cm³/mol. The van der Waals surface area contributed by atoms with Crippen LogP contribution < -0.4 is 0 Å². The SMILES string of the molecule is CC(C)OP(=O)(O)F.